The number of nitrogens with one attached hydrogen (secondary N) is 1. The van der Waals surface area contributed by atoms with Gasteiger partial charge in [0.25, 0.3) is 0 Å². The van der Waals surface area contributed by atoms with E-state index in [0.29, 0.717) is 17.6 Å². The SMILES string of the molecule is Nc1cc(NCC(=O)N2CCCCC2)nc(C2CC2)n1. The number of amides is 1. The van der Waals surface area contributed by atoms with Gasteiger partial charge >= 0.3 is 0 Å². The Morgan fingerprint density at radius 3 is 2.75 bits per heavy atom. The Morgan fingerprint density at radius 2 is 2.05 bits per heavy atom. The normalized spacial score (nSPS) is 18.9. The Kier molecular flexibility index (Phi) is 3.71. The van der Waals surface area contributed by atoms with E-state index in [-0.39, 0.29) is 12.5 Å². The lowest BCUT2D eigenvalue weighted by atomic mass is 10.1. The maximum Gasteiger partial charge on any atom is 0.241 e. The van der Waals surface area contributed by atoms with Gasteiger partial charge in [0.2, 0.25) is 5.91 Å². The second-order valence-electron chi connectivity index (χ2n) is 5.61. The van der Waals surface area contributed by atoms with Gasteiger partial charge in [0.05, 0.1) is 6.54 Å². The van der Waals surface area contributed by atoms with E-state index in [1.165, 1.54) is 6.42 Å². The van der Waals surface area contributed by atoms with Crippen molar-refractivity contribution in [3.8, 4) is 0 Å². The topological polar surface area (TPSA) is 84.1 Å². The summed E-state index contributed by atoms with van der Waals surface area (Å²) < 4.78 is 0. The van der Waals surface area contributed by atoms with Crippen LogP contribution in [-0.4, -0.2) is 40.4 Å². The zero-order chi connectivity index (χ0) is 13.9. The summed E-state index contributed by atoms with van der Waals surface area (Å²) in [7, 11) is 0. The summed E-state index contributed by atoms with van der Waals surface area (Å²) in [5.74, 6) is 2.52. The van der Waals surface area contributed by atoms with Crippen molar-refractivity contribution < 1.29 is 4.79 Å². The lowest BCUT2D eigenvalue weighted by molar-refractivity contribution is -0.130. The van der Waals surface area contributed by atoms with Crippen LogP contribution in [0.2, 0.25) is 0 Å². The van der Waals surface area contributed by atoms with Crippen LogP contribution in [-0.2, 0) is 4.79 Å². The van der Waals surface area contributed by atoms with Gasteiger partial charge in [-0.25, -0.2) is 9.97 Å². The van der Waals surface area contributed by atoms with Gasteiger partial charge in [0, 0.05) is 25.1 Å². The van der Waals surface area contributed by atoms with Gasteiger partial charge in [-0.3, -0.25) is 4.79 Å². The molecule has 1 aromatic heterocycles. The van der Waals surface area contributed by atoms with Gasteiger partial charge in [-0.2, -0.15) is 0 Å². The molecule has 0 radical (unpaired) electrons. The summed E-state index contributed by atoms with van der Waals surface area (Å²) in [6, 6.07) is 1.69. The number of hydrogen-bond donors (Lipinski definition) is 2. The molecule has 3 rings (SSSR count). The lowest BCUT2D eigenvalue weighted by Crippen LogP contribution is -2.39. The number of carbonyl (C=O) groups is 1. The van der Waals surface area contributed by atoms with Crippen molar-refractivity contribution in [3.05, 3.63) is 11.9 Å². The smallest absolute Gasteiger partial charge is 0.241 e. The van der Waals surface area contributed by atoms with Crippen molar-refractivity contribution in [2.24, 2.45) is 0 Å². The van der Waals surface area contributed by atoms with Crippen LogP contribution in [0.25, 0.3) is 0 Å². The zero-order valence-electron chi connectivity index (χ0n) is 11.6. The minimum Gasteiger partial charge on any atom is -0.384 e. The molecule has 0 spiro atoms. The number of rotatable bonds is 4. The van der Waals surface area contributed by atoms with Gasteiger partial charge in [-0.15, -0.1) is 0 Å². The third kappa shape index (κ3) is 3.18. The molecule has 0 unspecified atom stereocenters. The molecule has 6 nitrogen and oxygen atoms in total. The molecule has 2 heterocycles. The fourth-order valence-corrected chi connectivity index (χ4v) is 2.52. The maximum atomic E-state index is 12.1. The third-order valence-corrected chi connectivity index (χ3v) is 3.84. The number of nitrogens with two attached hydrogens (primary N) is 1. The molecule has 0 atom stereocenters. The molecule has 108 valence electrons. The van der Waals surface area contributed by atoms with Crippen molar-refractivity contribution in [2.45, 2.75) is 38.0 Å². The zero-order valence-corrected chi connectivity index (χ0v) is 11.6. The summed E-state index contributed by atoms with van der Waals surface area (Å²) in [5.41, 5.74) is 5.79. The van der Waals surface area contributed by atoms with Crippen molar-refractivity contribution >= 4 is 17.5 Å². The molecular weight excluding hydrogens is 254 g/mol. The predicted octanol–water partition coefficient (Wildman–Crippen LogP) is 1.36. The molecule has 1 aromatic rings. The van der Waals surface area contributed by atoms with Gasteiger partial charge in [0.15, 0.2) is 0 Å². The Labute approximate surface area is 118 Å². The maximum absolute atomic E-state index is 12.1. The minimum absolute atomic E-state index is 0.134. The van der Waals surface area contributed by atoms with E-state index in [0.717, 1.165) is 44.6 Å². The molecule has 1 aliphatic carbocycles. The fraction of sp³-hybridized carbons (Fsp3) is 0.643. The van der Waals surface area contributed by atoms with Crippen LogP contribution in [0.5, 0.6) is 0 Å². The molecule has 3 N–H and O–H groups in total. The van der Waals surface area contributed by atoms with E-state index < -0.39 is 0 Å². The number of carbonyl (C=O) groups excluding carboxylic acids is 1. The van der Waals surface area contributed by atoms with Gasteiger partial charge in [-0.1, -0.05) is 0 Å². The van der Waals surface area contributed by atoms with Crippen molar-refractivity contribution in [1.29, 1.82) is 0 Å². The van der Waals surface area contributed by atoms with Crippen LogP contribution in [0, 0.1) is 0 Å². The average molecular weight is 275 g/mol. The van der Waals surface area contributed by atoms with Crippen LogP contribution in [0.3, 0.4) is 0 Å². The molecule has 1 saturated heterocycles. The van der Waals surface area contributed by atoms with E-state index in [1.54, 1.807) is 6.07 Å². The summed E-state index contributed by atoms with van der Waals surface area (Å²) in [6.45, 7) is 2.03. The molecule has 1 saturated carbocycles. The first-order chi connectivity index (χ1) is 9.72. The highest BCUT2D eigenvalue weighted by Gasteiger charge is 2.27. The Morgan fingerprint density at radius 1 is 1.30 bits per heavy atom. The first-order valence-corrected chi connectivity index (χ1v) is 7.38. The molecular formula is C14H21N5O. The highest BCUT2D eigenvalue weighted by molar-refractivity contribution is 5.80. The van der Waals surface area contributed by atoms with E-state index in [2.05, 4.69) is 15.3 Å². The second-order valence-corrected chi connectivity index (χ2v) is 5.61. The largest absolute Gasteiger partial charge is 0.384 e. The molecule has 1 amide bonds. The van der Waals surface area contributed by atoms with Gasteiger partial charge < -0.3 is 16.0 Å². The summed E-state index contributed by atoms with van der Waals surface area (Å²) >= 11 is 0. The quantitative estimate of drug-likeness (QED) is 0.866. The number of nitrogen functional groups attached to an aromatic ring is 1. The second kappa shape index (κ2) is 5.64. The summed E-state index contributed by atoms with van der Waals surface area (Å²) in [4.78, 5) is 22.7. The number of anilines is 2. The van der Waals surface area contributed by atoms with Crippen LogP contribution < -0.4 is 11.1 Å². The van der Waals surface area contributed by atoms with Crippen LogP contribution >= 0.6 is 0 Å². The molecule has 20 heavy (non-hydrogen) atoms. The van der Waals surface area contributed by atoms with Crippen LogP contribution in [0.4, 0.5) is 11.6 Å². The predicted molar refractivity (Wildman–Crippen MR) is 77.3 cm³/mol. The summed E-state index contributed by atoms with van der Waals surface area (Å²) in [5, 5.41) is 3.08. The molecule has 0 bridgehead atoms. The first kappa shape index (κ1) is 13.1. The number of piperidine rings is 1. The Bertz CT molecular complexity index is 494. The fourth-order valence-electron chi connectivity index (χ4n) is 2.52. The van der Waals surface area contributed by atoms with Crippen molar-refractivity contribution in [3.63, 3.8) is 0 Å². The molecule has 1 aliphatic heterocycles. The monoisotopic (exact) mass is 275 g/mol. The molecule has 0 aromatic carbocycles. The van der Waals surface area contributed by atoms with E-state index in [1.807, 2.05) is 4.90 Å². The van der Waals surface area contributed by atoms with E-state index in [9.17, 15) is 4.79 Å². The van der Waals surface area contributed by atoms with Gasteiger partial charge in [0.1, 0.15) is 17.5 Å². The summed E-state index contributed by atoms with van der Waals surface area (Å²) in [6.07, 6.45) is 5.71. The highest BCUT2D eigenvalue weighted by atomic mass is 16.2. The van der Waals surface area contributed by atoms with Crippen LogP contribution in [0.1, 0.15) is 43.8 Å². The van der Waals surface area contributed by atoms with Gasteiger partial charge in [-0.05, 0) is 32.1 Å². The third-order valence-electron chi connectivity index (χ3n) is 3.84. The van der Waals surface area contributed by atoms with Crippen LogP contribution in [0.15, 0.2) is 6.07 Å². The van der Waals surface area contributed by atoms with Crippen molar-refractivity contribution in [1.82, 2.24) is 14.9 Å². The first-order valence-electron chi connectivity index (χ1n) is 7.38. The number of nitrogens with zero attached hydrogens (tertiary/aromatic N) is 3. The molecule has 2 aliphatic rings. The average Bonchev–Trinajstić information content (AvgIpc) is 3.30. The van der Waals surface area contributed by atoms with Crippen molar-refractivity contribution in [2.75, 3.05) is 30.7 Å². The minimum atomic E-state index is 0.134. The number of hydrogen-bond acceptors (Lipinski definition) is 5. The van der Waals surface area contributed by atoms with E-state index >= 15 is 0 Å². The Balaban J connectivity index is 1.58. The standard InChI is InChI=1S/C14H21N5O/c15-11-8-12(18-14(17-11)10-4-5-10)16-9-13(20)19-6-2-1-3-7-19/h8,10H,1-7,9H2,(H3,15,16,17,18). The number of aromatic nitrogens is 2. The number of likely N-dealkylation sites (tertiary alicyclic amines) is 1. The van der Waals surface area contributed by atoms with E-state index in [4.69, 9.17) is 5.73 Å². The highest BCUT2D eigenvalue weighted by Crippen LogP contribution is 2.38. The Hall–Kier alpha value is -1.85. The molecule has 6 heteroatoms. The lowest BCUT2D eigenvalue weighted by Gasteiger charge is -2.26. The molecule has 2 fully saturated rings.